The van der Waals surface area contributed by atoms with Gasteiger partial charge in [-0.25, -0.2) is 4.79 Å². The van der Waals surface area contributed by atoms with E-state index in [0.717, 1.165) is 0 Å². The SMILES string of the molecule is CCN1C[C@]2(OC(=O)c3ccccc3NC(=O)/C=C/c3ccccn3)CC[C@H](OC)[C@]34C1[C@@H](C[C@H]23)[C@@]1(O)C[C@H](OC)[C@H]2C[C@@H]4[C@]1(O)C2OC. The molecule has 1 aliphatic heterocycles. The second kappa shape index (κ2) is 11.7. The van der Waals surface area contributed by atoms with Gasteiger partial charge in [-0.05, 0) is 62.6 Å². The van der Waals surface area contributed by atoms with Crippen molar-refractivity contribution in [1.29, 1.82) is 0 Å². The number of likely N-dealkylation sites (N-methyl/N-ethyl adjacent to an activating group) is 1. The van der Waals surface area contributed by atoms with Gasteiger partial charge in [0.05, 0.1) is 35.3 Å². The first-order valence-electron chi connectivity index (χ1n) is 17.6. The molecule has 1 saturated heterocycles. The molecule has 262 valence electrons. The largest absolute Gasteiger partial charge is 0.454 e. The molecule has 5 saturated carbocycles. The maximum Gasteiger partial charge on any atom is 0.340 e. The van der Waals surface area contributed by atoms with Crippen LogP contribution in [0.15, 0.2) is 54.7 Å². The van der Waals surface area contributed by atoms with Crippen LogP contribution in [-0.2, 0) is 23.7 Å². The van der Waals surface area contributed by atoms with Crippen LogP contribution in [0.1, 0.15) is 55.1 Å². The number of aliphatic hydroxyl groups is 2. The summed E-state index contributed by atoms with van der Waals surface area (Å²) >= 11 is 0. The molecule has 1 spiro atoms. The number of rotatable bonds is 9. The molecule has 49 heavy (non-hydrogen) atoms. The van der Waals surface area contributed by atoms with Gasteiger partial charge in [-0.2, -0.15) is 0 Å². The molecule has 6 aliphatic rings. The van der Waals surface area contributed by atoms with E-state index in [4.69, 9.17) is 18.9 Å². The molecule has 8 rings (SSSR count). The number of carbonyl (C=O) groups is 2. The number of para-hydroxylation sites is 1. The molecular weight excluding hydrogens is 626 g/mol. The predicted molar refractivity (Wildman–Crippen MR) is 179 cm³/mol. The lowest BCUT2D eigenvalue weighted by molar-refractivity contribution is -0.337. The lowest BCUT2D eigenvalue weighted by Crippen LogP contribution is -2.83. The highest BCUT2D eigenvalue weighted by molar-refractivity contribution is 6.06. The second-order valence-electron chi connectivity index (χ2n) is 15.1. The van der Waals surface area contributed by atoms with Gasteiger partial charge in [-0.3, -0.25) is 14.7 Å². The van der Waals surface area contributed by atoms with Crippen molar-refractivity contribution < 1.29 is 38.7 Å². The molecule has 2 heterocycles. The summed E-state index contributed by atoms with van der Waals surface area (Å²) in [6, 6.07) is 12.3. The number of pyridine rings is 1. The van der Waals surface area contributed by atoms with E-state index in [1.54, 1.807) is 70.0 Å². The Balaban J connectivity index is 1.17. The van der Waals surface area contributed by atoms with E-state index < -0.39 is 40.2 Å². The fourth-order valence-corrected chi connectivity index (χ4v) is 12.2. The number of hydrogen-bond donors (Lipinski definition) is 3. The second-order valence-corrected chi connectivity index (χ2v) is 15.1. The number of nitrogens with one attached hydrogen (secondary N) is 1. The number of aromatic nitrogens is 1. The van der Waals surface area contributed by atoms with Gasteiger partial charge in [-0.1, -0.05) is 25.1 Å². The van der Waals surface area contributed by atoms with Crippen molar-refractivity contribution in [2.45, 2.75) is 80.2 Å². The molecule has 12 atom stereocenters. The predicted octanol–water partition coefficient (Wildman–Crippen LogP) is 3.31. The van der Waals surface area contributed by atoms with E-state index in [0.29, 0.717) is 56.6 Å². The quantitative estimate of drug-likeness (QED) is 0.269. The van der Waals surface area contributed by atoms with Crippen LogP contribution in [0.25, 0.3) is 6.08 Å². The lowest BCUT2D eigenvalue weighted by atomic mass is 9.44. The Morgan fingerprint density at radius 3 is 2.55 bits per heavy atom. The molecule has 11 heteroatoms. The van der Waals surface area contributed by atoms with Crippen LogP contribution in [-0.4, -0.2) is 108 Å². The first-order chi connectivity index (χ1) is 23.6. The lowest BCUT2D eigenvalue weighted by Gasteiger charge is -2.70. The van der Waals surface area contributed by atoms with E-state index >= 15 is 0 Å². The van der Waals surface area contributed by atoms with E-state index in [1.165, 1.54) is 6.08 Å². The molecule has 1 amide bonds. The minimum atomic E-state index is -1.50. The number of esters is 1. The smallest absolute Gasteiger partial charge is 0.340 e. The monoisotopic (exact) mass is 673 g/mol. The van der Waals surface area contributed by atoms with E-state index in [-0.39, 0.29) is 47.5 Å². The number of benzene rings is 1. The number of nitrogens with zero attached hydrogens (tertiary/aromatic N) is 2. The van der Waals surface area contributed by atoms with Gasteiger partial charge in [0, 0.05) is 81.7 Å². The number of piperidine rings is 1. The maximum atomic E-state index is 14.4. The summed E-state index contributed by atoms with van der Waals surface area (Å²) in [5.74, 6) is -1.82. The van der Waals surface area contributed by atoms with Crippen LogP contribution in [0.4, 0.5) is 5.69 Å². The number of methoxy groups -OCH3 is 3. The first-order valence-corrected chi connectivity index (χ1v) is 17.6. The van der Waals surface area contributed by atoms with Crippen LogP contribution in [0.3, 0.4) is 0 Å². The van der Waals surface area contributed by atoms with Crippen molar-refractivity contribution in [3.63, 3.8) is 0 Å². The van der Waals surface area contributed by atoms with E-state index in [9.17, 15) is 19.8 Å². The average Bonchev–Trinajstić information content (AvgIpc) is 3.54. The maximum absolute atomic E-state index is 14.4. The van der Waals surface area contributed by atoms with Gasteiger partial charge in [0.25, 0.3) is 0 Å². The van der Waals surface area contributed by atoms with E-state index in [1.807, 2.05) is 6.07 Å². The fraction of sp³-hybridized carbons (Fsp3) is 0.605. The van der Waals surface area contributed by atoms with Gasteiger partial charge in [-0.15, -0.1) is 0 Å². The summed E-state index contributed by atoms with van der Waals surface area (Å²) in [6.07, 6.45) is 6.39. The zero-order chi connectivity index (χ0) is 34.3. The summed E-state index contributed by atoms with van der Waals surface area (Å²) in [4.78, 5) is 33.9. The number of anilines is 1. The third-order valence-corrected chi connectivity index (χ3v) is 13.7. The van der Waals surface area contributed by atoms with Crippen LogP contribution in [0.2, 0.25) is 0 Å². The number of fused-ring (bicyclic) bond motifs is 2. The topological polar surface area (TPSA) is 140 Å². The van der Waals surface area contributed by atoms with E-state index in [2.05, 4.69) is 22.1 Å². The third-order valence-electron chi connectivity index (χ3n) is 13.7. The molecule has 3 N–H and O–H groups in total. The van der Waals surface area contributed by atoms with Crippen LogP contribution in [0.5, 0.6) is 0 Å². The van der Waals surface area contributed by atoms with Gasteiger partial charge in [0.2, 0.25) is 5.91 Å². The van der Waals surface area contributed by atoms with Crippen molar-refractivity contribution in [1.82, 2.24) is 9.88 Å². The molecule has 2 aromatic rings. The van der Waals surface area contributed by atoms with Gasteiger partial charge in [0.15, 0.2) is 0 Å². The summed E-state index contributed by atoms with van der Waals surface area (Å²) < 4.78 is 25.3. The zero-order valence-corrected chi connectivity index (χ0v) is 28.6. The van der Waals surface area contributed by atoms with Crippen molar-refractivity contribution in [2.75, 3.05) is 39.7 Å². The average molecular weight is 674 g/mol. The minimum Gasteiger partial charge on any atom is -0.454 e. The number of likely N-dealkylation sites (tertiary alicyclic amines) is 1. The third kappa shape index (κ3) is 4.26. The summed E-state index contributed by atoms with van der Waals surface area (Å²) in [5.41, 5.74) is -3.17. The molecule has 11 nitrogen and oxygen atoms in total. The number of amides is 1. The Bertz CT molecular complexity index is 1660. The highest BCUT2D eigenvalue weighted by Crippen LogP contribution is 2.79. The number of hydrogen-bond acceptors (Lipinski definition) is 10. The Morgan fingerprint density at radius 2 is 1.84 bits per heavy atom. The first kappa shape index (κ1) is 33.0. The zero-order valence-electron chi connectivity index (χ0n) is 28.6. The molecule has 0 radical (unpaired) electrons. The minimum absolute atomic E-state index is 0.0702. The number of carbonyl (C=O) groups excluding carboxylic acids is 2. The molecule has 5 aliphatic carbocycles. The molecule has 7 bridgehead atoms. The Morgan fingerprint density at radius 1 is 1.04 bits per heavy atom. The Hall–Kier alpha value is -3.19. The highest BCUT2D eigenvalue weighted by atomic mass is 16.6. The van der Waals surface area contributed by atoms with Crippen molar-refractivity contribution in [2.24, 2.45) is 29.1 Å². The van der Waals surface area contributed by atoms with Crippen molar-refractivity contribution >= 4 is 23.6 Å². The van der Waals surface area contributed by atoms with Crippen LogP contribution in [0, 0.1) is 29.1 Å². The summed E-state index contributed by atoms with van der Waals surface area (Å²) in [7, 11) is 5.05. The molecule has 1 aromatic carbocycles. The standard InChI is InChI=1S/C38H47N3O8/c1-5-41-21-35(49-34(43)23-11-6-7-12-26(23)40-31(42)14-13-22-10-8-9-17-39-22)16-15-30(47-3)37-28(35)19-25(32(37)41)36(44)20-27(46-2)24-18-29(37)38(36,45)33(24)48-4/h6-14,17,24-25,27-30,32-33,44-45H,5,15-16,18-21H2,1-4H3,(H,40,42)/b14-13+/t24-,25-,27+,28-,29+,30+,32?,33?,35-,36+,37+,38+/m1/s1. The molecular formula is C38H47N3O8. The van der Waals surface area contributed by atoms with Gasteiger partial charge in [0.1, 0.15) is 16.8 Å². The van der Waals surface area contributed by atoms with Crippen LogP contribution < -0.4 is 5.32 Å². The normalized spacial score (nSPS) is 43.1. The molecule has 1 aromatic heterocycles. The number of ether oxygens (including phenoxy) is 4. The molecule has 2 unspecified atom stereocenters. The van der Waals surface area contributed by atoms with Crippen molar-refractivity contribution in [3.05, 3.63) is 66.0 Å². The summed E-state index contributed by atoms with van der Waals surface area (Å²) in [6.45, 7) is 3.32. The molecule has 6 fully saturated rings. The Kier molecular flexibility index (Phi) is 7.86. The van der Waals surface area contributed by atoms with Crippen LogP contribution >= 0.6 is 0 Å². The summed E-state index contributed by atoms with van der Waals surface area (Å²) in [5, 5.41) is 28.7. The van der Waals surface area contributed by atoms with Gasteiger partial charge >= 0.3 is 5.97 Å². The van der Waals surface area contributed by atoms with Gasteiger partial charge < -0.3 is 34.5 Å². The highest BCUT2D eigenvalue weighted by Gasteiger charge is 2.89. The van der Waals surface area contributed by atoms with Crippen molar-refractivity contribution in [3.8, 4) is 0 Å². The fourth-order valence-electron chi connectivity index (χ4n) is 12.2. The Labute approximate surface area is 287 Å².